The standard InChI is InChI=1S/C37H28N8O17S4.3Na/c1-59-31-16-23(39-38-21-4-2-19-12-25(63-62-61-49)17-32(27(19)14-21)65(53,54)55)6-11-29(31)41-43-35-33(66(56,57)58)13-20-3-5-22(15-28(20)36(35)46)40-42-34-30(18-60-48)44-45(37(34)47)24-7-9-26(10-8-24)64(50,51)52;;;/h2-17,46-49H,18H2,1H3,(H,50,51,52)(H,53,54,55)(H,56,57,58);;;/q;3*+1/p-3. The second-order valence-corrected chi connectivity index (χ2v) is 18.1. The molecule has 0 aliphatic rings. The van der Waals surface area contributed by atoms with Gasteiger partial charge in [0, 0.05) is 21.7 Å². The molecule has 0 aliphatic heterocycles. The van der Waals surface area contributed by atoms with Gasteiger partial charge in [-0.3, -0.25) is 14.8 Å². The summed E-state index contributed by atoms with van der Waals surface area (Å²) in [7, 11) is -13.6. The molecule has 1 heterocycles. The summed E-state index contributed by atoms with van der Waals surface area (Å²) in [6.07, 6.45) is 0. The number of benzene rings is 6. The van der Waals surface area contributed by atoms with Crippen LogP contribution in [0.3, 0.4) is 0 Å². The van der Waals surface area contributed by atoms with Gasteiger partial charge in [-0.15, -0.1) is 15.3 Å². The molecular weight excluding hydrogens is 1030 g/mol. The van der Waals surface area contributed by atoms with E-state index in [-0.39, 0.29) is 155 Å². The summed E-state index contributed by atoms with van der Waals surface area (Å²) in [5.74, 6) is -1.40. The average Bonchev–Trinajstić information content (AvgIpc) is 3.59. The zero-order chi connectivity index (χ0) is 47.6. The van der Waals surface area contributed by atoms with Crippen LogP contribution in [0.15, 0.2) is 147 Å². The molecule has 0 saturated heterocycles. The molecule has 0 aliphatic carbocycles. The van der Waals surface area contributed by atoms with Gasteiger partial charge in [0.25, 0.3) is 10.1 Å². The monoisotopic (exact) mass is 1050 g/mol. The van der Waals surface area contributed by atoms with Crippen molar-refractivity contribution in [1.82, 2.24) is 9.78 Å². The molecule has 0 bridgehead atoms. The summed E-state index contributed by atoms with van der Waals surface area (Å²) in [4.78, 5) is 2.27. The number of nitrogens with zero attached hydrogens (tertiary/aromatic N) is 8. The largest absolute Gasteiger partial charge is 1.00 e. The number of phenols is 1. The van der Waals surface area contributed by atoms with Crippen LogP contribution < -0.4 is 98.7 Å². The Morgan fingerprint density at radius 2 is 1.26 bits per heavy atom. The fourth-order valence-electron chi connectivity index (χ4n) is 6.12. The molecule has 0 saturated carbocycles. The summed E-state index contributed by atoms with van der Waals surface area (Å²) in [5.41, 5.74) is -0.802. The van der Waals surface area contributed by atoms with Gasteiger partial charge in [0.2, 0.25) is 5.88 Å². The fourth-order valence-corrected chi connectivity index (χ4v) is 8.48. The first-order valence-electron chi connectivity index (χ1n) is 17.8. The Balaban J connectivity index is 0.00000346. The summed E-state index contributed by atoms with van der Waals surface area (Å²) in [6, 6.07) is 20.0. The van der Waals surface area contributed by atoms with Gasteiger partial charge in [-0.05, 0) is 89.6 Å². The number of phenolic OH excluding ortho intramolecular Hbond substituents is 1. The van der Waals surface area contributed by atoms with Crippen LogP contribution in [0.5, 0.6) is 17.4 Å². The molecule has 0 amide bonds. The van der Waals surface area contributed by atoms with Crippen molar-refractivity contribution in [1.29, 1.82) is 0 Å². The molecule has 0 radical (unpaired) electrons. The third-order valence-electron chi connectivity index (χ3n) is 9.06. The first-order valence-corrected chi connectivity index (χ1v) is 22.8. The second kappa shape index (κ2) is 24.0. The number of ether oxygens (including phenoxy) is 1. The van der Waals surface area contributed by atoms with E-state index in [0.29, 0.717) is 17.4 Å². The number of rotatable bonds is 16. The van der Waals surface area contributed by atoms with Crippen molar-refractivity contribution in [2.24, 2.45) is 30.7 Å². The minimum absolute atomic E-state index is 0. The summed E-state index contributed by atoms with van der Waals surface area (Å²) in [6.45, 7) is -0.599. The van der Waals surface area contributed by atoms with Crippen LogP contribution in [-0.4, -0.2) is 71.3 Å². The van der Waals surface area contributed by atoms with Crippen LogP contribution >= 0.6 is 12.0 Å². The van der Waals surface area contributed by atoms with E-state index >= 15 is 0 Å². The Labute approximate surface area is 460 Å². The van der Waals surface area contributed by atoms with Crippen LogP contribution in [-0.2, 0) is 51.2 Å². The molecule has 7 rings (SSSR count). The normalized spacial score (nSPS) is 12.1. The summed E-state index contributed by atoms with van der Waals surface area (Å²) >= 11 is 0.395. The SMILES string of the molecule is COc1cc(N=Nc2ccc3cc(SOO[O-])cc(S(=O)(=O)[O-])c3c2)ccc1N=Nc1c(S(=O)(=O)O)cc2ccc(N=Nc3c(COO)nn(-c4ccc(S(=O)(=O)[O-])cc4)c3O)cc2c1O.[Na+].[Na+].[Na+]. The van der Waals surface area contributed by atoms with E-state index in [1.54, 1.807) is 0 Å². The Bertz CT molecular complexity index is 3500. The maximum absolute atomic E-state index is 12.5. The summed E-state index contributed by atoms with van der Waals surface area (Å²) < 4.78 is 116. The van der Waals surface area contributed by atoms with Gasteiger partial charge in [0.05, 0.1) is 51.7 Å². The second-order valence-electron chi connectivity index (χ2n) is 13.2. The van der Waals surface area contributed by atoms with Gasteiger partial charge in [-0.25, -0.2) is 21.7 Å². The quantitative estimate of drug-likeness (QED) is 0.0206. The first-order chi connectivity index (χ1) is 31.3. The maximum atomic E-state index is 12.5. The molecular formula is C37H25N8Na3O17S4. The van der Waals surface area contributed by atoms with Gasteiger partial charge >= 0.3 is 88.7 Å². The van der Waals surface area contributed by atoms with Crippen molar-refractivity contribution in [3.05, 3.63) is 103 Å². The molecule has 1 aromatic heterocycles. The smallest absolute Gasteiger partial charge is 0.744 e. The van der Waals surface area contributed by atoms with E-state index in [1.807, 2.05) is 0 Å². The van der Waals surface area contributed by atoms with E-state index in [2.05, 4.69) is 50.0 Å². The molecule has 6 aromatic carbocycles. The molecule has 69 heavy (non-hydrogen) atoms. The number of fused-ring (bicyclic) bond motifs is 2. The van der Waals surface area contributed by atoms with Crippen molar-refractivity contribution in [2.75, 3.05) is 7.11 Å². The van der Waals surface area contributed by atoms with Gasteiger partial charge in [0.15, 0.2) is 11.4 Å². The van der Waals surface area contributed by atoms with Gasteiger partial charge < -0.3 is 29.3 Å². The number of hydrogen-bond donors (Lipinski definition) is 4. The predicted octanol–water partition coefficient (Wildman–Crippen LogP) is -1.87. The van der Waals surface area contributed by atoms with E-state index in [9.17, 15) is 54.4 Å². The molecule has 7 aromatic rings. The molecule has 4 N–H and O–H groups in total. The molecule has 25 nitrogen and oxygen atoms in total. The van der Waals surface area contributed by atoms with Crippen LogP contribution in [0.25, 0.3) is 27.2 Å². The molecule has 0 spiro atoms. The predicted molar refractivity (Wildman–Crippen MR) is 221 cm³/mol. The van der Waals surface area contributed by atoms with E-state index in [1.165, 1.54) is 79.9 Å². The Morgan fingerprint density at radius 1 is 0.681 bits per heavy atom. The van der Waals surface area contributed by atoms with E-state index in [0.717, 1.165) is 28.9 Å². The first kappa shape index (κ1) is 57.7. The van der Waals surface area contributed by atoms with Crippen LogP contribution in [0.1, 0.15) is 5.69 Å². The van der Waals surface area contributed by atoms with Gasteiger partial charge in [-0.1, -0.05) is 12.1 Å². The van der Waals surface area contributed by atoms with E-state index in [4.69, 9.17) is 9.99 Å². The van der Waals surface area contributed by atoms with Crippen molar-refractivity contribution < 1.29 is 167 Å². The zero-order valence-corrected chi connectivity index (χ0v) is 45.0. The van der Waals surface area contributed by atoms with Crippen molar-refractivity contribution in [3.8, 4) is 23.1 Å². The topological polar surface area (TPSA) is 381 Å². The summed E-state index contributed by atoms with van der Waals surface area (Å²) in [5, 5.41) is 73.6. The number of aromatic nitrogens is 2. The van der Waals surface area contributed by atoms with Crippen molar-refractivity contribution in [3.63, 3.8) is 0 Å². The third kappa shape index (κ3) is 13.6. The van der Waals surface area contributed by atoms with Gasteiger partial charge in [0.1, 0.15) is 54.6 Å². The number of methoxy groups -OCH3 is 1. The fraction of sp³-hybridized carbons (Fsp3) is 0.0541. The zero-order valence-electron chi connectivity index (χ0n) is 35.8. The van der Waals surface area contributed by atoms with Crippen LogP contribution in [0, 0.1) is 0 Å². The molecule has 342 valence electrons. The van der Waals surface area contributed by atoms with Crippen molar-refractivity contribution in [2.45, 2.75) is 26.2 Å². The molecule has 0 fully saturated rings. The Morgan fingerprint density at radius 3 is 1.84 bits per heavy atom. The maximum Gasteiger partial charge on any atom is 1.00 e. The molecule has 0 unspecified atom stereocenters. The Kier molecular flexibility index (Phi) is 20.1. The minimum atomic E-state index is -5.04. The minimum Gasteiger partial charge on any atom is -0.744 e. The van der Waals surface area contributed by atoms with Crippen LogP contribution in [0.2, 0.25) is 0 Å². The number of aromatic hydroxyl groups is 2. The van der Waals surface area contributed by atoms with E-state index < -0.39 is 69.0 Å². The van der Waals surface area contributed by atoms with Gasteiger partial charge in [-0.2, -0.15) is 37.9 Å². The third-order valence-corrected chi connectivity index (χ3v) is 12.2. The number of azo groups is 3. The van der Waals surface area contributed by atoms with Crippen molar-refractivity contribution >= 4 is 98.1 Å². The number of hydrogen-bond acceptors (Lipinski definition) is 24. The molecule has 0 atom stereocenters. The molecule has 32 heteroatoms. The average molecular weight is 1050 g/mol. The van der Waals surface area contributed by atoms with Crippen LogP contribution in [0.4, 0.5) is 34.1 Å². The Hall–Kier alpha value is -3.87.